The number of nitrogens with one attached hydrogen (secondary N) is 4. The molecule has 4 N–H and O–H groups in total. The molecule has 1 saturated heterocycles. The van der Waals surface area contributed by atoms with Crippen LogP contribution in [0.2, 0.25) is 5.02 Å². The van der Waals surface area contributed by atoms with Crippen LogP contribution < -0.4 is 21.5 Å². The van der Waals surface area contributed by atoms with E-state index in [1.54, 1.807) is 0 Å². The summed E-state index contributed by atoms with van der Waals surface area (Å²) in [6.07, 6.45) is 0. The van der Waals surface area contributed by atoms with Gasteiger partial charge in [0.1, 0.15) is 0 Å². The van der Waals surface area contributed by atoms with E-state index in [1.165, 1.54) is 18.3 Å². The average Bonchev–Trinajstić information content (AvgIpc) is 3.44. The van der Waals surface area contributed by atoms with Crippen LogP contribution in [0.1, 0.15) is 37.1 Å². The molecule has 1 fully saturated rings. The van der Waals surface area contributed by atoms with Crippen LogP contribution >= 0.6 is 22.9 Å². The van der Waals surface area contributed by atoms with Gasteiger partial charge in [-0.1, -0.05) is 48.0 Å². The van der Waals surface area contributed by atoms with Crippen molar-refractivity contribution in [1.29, 1.82) is 0 Å². The van der Waals surface area contributed by atoms with Crippen LogP contribution in [0.25, 0.3) is 11.3 Å². The first kappa shape index (κ1) is 22.4. The Morgan fingerprint density at radius 1 is 1.16 bits per heavy atom. The van der Waals surface area contributed by atoms with Crippen molar-refractivity contribution in [3.8, 4) is 11.3 Å². The highest BCUT2D eigenvalue weighted by Crippen LogP contribution is 2.29. The minimum atomic E-state index is -0.280. The van der Waals surface area contributed by atoms with Gasteiger partial charge < -0.3 is 10.6 Å². The zero-order valence-electron chi connectivity index (χ0n) is 17.7. The Bertz CT molecular complexity index is 1100. The third-order valence-electron chi connectivity index (χ3n) is 5.41. The van der Waals surface area contributed by atoms with Crippen LogP contribution in [-0.2, 0) is 9.59 Å². The van der Waals surface area contributed by atoms with Gasteiger partial charge in [0.25, 0.3) is 0 Å². The van der Waals surface area contributed by atoms with Crippen molar-refractivity contribution in [2.75, 3.05) is 11.9 Å². The Morgan fingerprint density at radius 2 is 1.88 bits per heavy atom. The number of rotatable bonds is 6. The second kappa shape index (κ2) is 9.79. The summed E-state index contributed by atoms with van der Waals surface area (Å²) in [5, 5.41) is 8.96. The Balaban J connectivity index is 1.42. The summed E-state index contributed by atoms with van der Waals surface area (Å²) >= 11 is 7.37. The predicted molar refractivity (Wildman–Crippen MR) is 127 cm³/mol. The molecular formula is C23H24ClN5O2S. The lowest BCUT2D eigenvalue weighted by molar-refractivity contribution is -0.120. The molecule has 2 amide bonds. The lowest BCUT2D eigenvalue weighted by Gasteiger charge is -2.17. The third kappa shape index (κ3) is 5.16. The predicted octanol–water partition coefficient (Wildman–Crippen LogP) is 4.06. The van der Waals surface area contributed by atoms with Crippen molar-refractivity contribution in [1.82, 2.24) is 21.2 Å². The number of carbonyl (C=O) groups excluding carboxylic acids is 2. The van der Waals surface area contributed by atoms with Gasteiger partial charge in [0.2, 0.25) is 11.8 Å². The van der Waals surface area contributed by atoms with Gasteiger partial charge in [-0.3, -0.25) is 15.0 Å². The summed E-state index contributed by atoms with van der Waals surface area (Å²) in [5.41, 5.74) is 9.99. The molecule has 0 saturated carbocycles. The molecule has 0 radical (unpaired) electrons. The zero-order chi connectivity index (χ0) is 22.7. The number of hydrazine groups is 1. The van der Waals surface area contributed by atoms with Crippen molar-refractivity contribution >= 4 is 39.9 Å². The molecule has 7 nitrogen and oxygen atoms in total. The highest BCUT2D eigenvalue weighted by atomic mass is 35.5. The minimum Gasteiger partial charge on any atom is -0.350 e. The van der Waals surface area contributed by atoms with Crippen molar-refractivity contribution in [2.24, 2.45) is 5.92 Å². The molecule has 9 heteroatoms. The van der Waals surface area contributed by atoms with E-state index in [9.17, 15) is 9.59 Å². The van der Waals surface area contributed by atoms with E-state index in [-0.39, 0.29) is 29.8 Å². The SMILES string of the molecule is CC(=O)NC(C)c1ccc(-c2csc(NC(=O)C3CNNC3c3ccc(Cl)cc3)n2)cc1. The van der Waals surface area contributed by atoms with Crippen LogP contribution in [0.4, 0.5) is 5.13 Å². The van der Waals surface area contributed by atoms with Crippen LogP contribution in [-0.4, -0.2) is 23.3 Å². The summed E-state index contributed by atoms with van der Waals surface area (Å²) in [4.78, 5) is 28.8. The number of nitrogens with zero attached hydrogens (tertiary/aromatic N) is 1. The maximum Gasteiger partial charge on any atom is 0.232 e. The highest BCUT2D eigenvalue weighted by molar-refractivity contribution is 7.14. The number of hydrogen-bond acceptors (Lipinski definition) is 6. The quantitative estimate of drug-likeness (QED) is 0.436. The summed E-state index contributed by atoms with van der Waals surface area (Å²) in [7, 11) is 0. The molecule has 4 rings (SSSR count). The number of amides is 2. The van der Waals surface area contributed by atoms with E-state index in [0.29, 0.717) is 16.7 Å². The van der Waals surface area contributed by atoms with Crippen molar-refractivity contribution in [3.63, 3.8) is 0 Å². The van der Waals surface area contributed by atoms with Gasteiger partial charge in [-0.15, -0.1) is 11.3 Å². The second-order valence-electron chi connectivity index (χ2n) is 7.73. The number of halogens is 1. The molecule has 32 heavy (non-hydrogen) atoms. The largest absolute Gasteiger partial charge is 0.350 e. The van der Waals surface area contributed by atoms with Crippen LogP contribution in [0, 0.1) is 5.92 Å². The van der Waals surface area contributed by atoms with Crippen molar-refractivity contribution < 1.29 is 9.59 Å². The molecule has 1 aliphatic rings. The van der Waals surface area contributed by atoms with Crippen LogP contribution in [0.5, 0.6) is 0 Å². The Morgan fingerprint density at radius 3 is 2.56 bits per heavy atom. The molecule has 2 heterocycles. The van der Waals surface area contributed by atoms with E-state index >= 15 is 0 Å². The molecule has 3 unspecified atom stereocenters. The zero-order valence-corrected chi connectivity index (χ0v) is 19.3. The number of hydrogen-bond donors (Lipinski definition) is 4. The van der Waals surface area contributed by atoms with Gasteiger partial charge in [0, 0.05) is 29.4 Å². The van der Waals surface area contributed by atoms with E-state index < -0.39 is 0 Å². The first-order valence-corrected chi connectivity index (χ1v) is 11.5. The van der Waals surface area contributed by atoms with Crippen molar-refractivity contribution in [3.05, 3.63) is 70.1 Å². The molecule has 0 bridgehead atoms. The van der Waals surface area contributed by atoms with Crippen LogP contribution in [0.3, 0.4) is 0 Å². The molecule has 1 aromatic heterocycles. The first-order valence-electron chi connectivity index (χ1n) is 10.3. The molecule has 3 aromatic rings. The fourth-order valence-electron chi connectivity index (χ4n) is 3.72. The number of carbonyl (C=O) groups is 2. The summed E-state index contributed by atoms with van der Waals surface area (Å²) in [6, 6.07) is 15.2. The normalized spacial score (nSPS) is 18.8. The minimum absolute atomic E-state index is 0.0611. The fraction of sp³-hybridized carbons (Fsp3) is 0.261. The summed E-state index contributed by atoms with van der Waals surface area (Å²) in [5.74, 6) is -0.437. The fourth-order valence-corrected chi connectivity index (χ4v) is 4.57. The van der Waals surface area contributed by atoms with E-state index in [1.807, 2.05) is 60.8 Å². The van der Waals surface area contributed by atoms with Crippen molar-refractivity contribution in [2.45, 2.75) is 25.9 Å². The van der Waals surface area contributed by atoms with Gasteiger partial charge in [0.05, 0.1) is 23.7 Å². The lowest BCUT2D eigenvalue weighted by atomic mass is 9.94. The third-order valence-corrected chi connectivity index (χ3v) is 6.42. The standard InChI is InChI=1S/C23H24ClN5O2S/c1-13(26-14(2)30)15-3-5-16(6-4-15)20-12-32-23(27-20)28-22(31)19-11-25-29-21(19)17-7-9-18(24)10-8-17/h3-10,12-13,19,21,25,29H,11H2,1-2H3,(H,26,30)(H,27,28,31). The Hall–Kier alpha value is -2.78. The number of thiazole rings is 1. The lowest BCUT2D eigenvalue weighted by Crippen LogP contribution is -2.29. The van der Waals surface area contributed by atoms with Gasteiger partial charge in [-0.2, -0.15) is 0 Å². The van der Waals surface area contributed by atoms with Gasteiger partial charge in [0.15, 0.2) is 5.13 Å². The molecule has 0 aliphatic carbocycles. The molecule has 1 aliphatic heterocycles. The Kier molecular flexibility index (Phi) is 6.86. The molecule has 166 valence electrons. The smallest absolute Gasteiger partial charge is 0.232 e. The molecule has 2 aromatic carbocycles. The molecule has 0 spiro atoms. The second-order valence-corrected chi connectivity index (χ2v) is 9.03. The summed E-state index contributed by atoms with van der Waals surface area (Å²) < 4.78 is 0. The van der Waals surface area contributed by atoms with Crippen LogP contribution in [0.15, 0.2) is 53.9 Å². The van der Waals surface area contributed by atoms with Gasteiger partial charge in [-0.05, 0) is 30.2 Å². The maximum atomic E-state index is 12.9. The topological polar surface area (TPSA) is 95.2 Å². The monoisotopic (exact) mass is 469 g/mol. The number of aromatic nitrogens is 1. The maximum absolute atomic E-state index is 12.9. The van der Waals surface area contributed by atoms with E-state index in [2.05, 4.69) is 26.5 Å². The highest BCUT2D eigenvalue weighted by Gasteiger charge is 2.34. The molecular weight excluding hydrogens is 446 g/mol. The average molecular weight is 470 g/mol. The molecule has 3 atom stereocenters. The van der Waals surface area contributed by atoms with Gasteiger partial charge in [-0.25, -0.2) is 10.4 Å². The van der Waals surface area contributed by atoms with E-state index in [0.717, 1.165) is 22.4 Å². The van der Waals surface area contributed by atoms with E-state index in [4.69, 9.17) is 11.6 Å². The number of anilines is 1. The van der Waals surface area contributed by atoms with Gasteiger partial charge >= 0.3 is 0 Å². The summed E-state index contributed by atoms with van der Waals surface area (Å²) in [6.45, 7) is 3.97. The Labute approximate surface area is 195 Å². The number of benzene rings is 2. The first-order chi connectivity index (χ1) is 15.4.